The summed E-state index contributed by atoms with van der Waals surface area (Å²) in [6, 6.07) is 5.80. The van der Waals surface area contributed by atoms with Crippen LogP contribution in [0.2, 0.25) is 0 Å². The Morgan fingerprint density at radius 2 is 1.81 bits per heavy atom. The van der Waals surface area contributed by atoms with E-state index in [2.05, 4.69) is 20.5 Å². The van der Waals surface area contributed by atoms with Crippen LogP contribution < -0.4 is 11.2 Å². The van der Waals surface area contributed by atoms with Crippen molar-refractivity contribution in [3.63, 3.8) is 0 Å². The Labute approximate surface area is 119 Å². The van der Waals surface area contributed by atoms with Gasteiger partial charge >= 0.3 is 5.97 Å². The molecule has 2 heterocycles. The molecular formula is C13H11N5O3. The Morgan fingerprint density at radius 1 is 1.14 bits per heavy atom. The molecule has 0 fully saturated rings. The first-order chi connectivity index (χ1) is 10.1. The molecule has 8 heteroatoms. The maximum Gasteiger partial charge on any atom is 0.354 e. The van der Waals surface area contributed by atoms with E-state index in [4.69, 9.17) is 10.8 Å². The molecule has 0 bridgehead atoms. The molecule has 1 amide bonds. The average molecular weight is 285 g/mol. The normalized spacial score (nSPS) is 11.0. The zero-order valence-electron chi connectivity index (χ0n) is 10.7. The van der Waals surface area contributed by atoms with Crippen LogP contribution in [0.1, 0.15) is 26.4 Å². The van der Waals surface area contributed by atoms with Gasteiger partial charge in [0.1, 0.15) is 5.69 Å². The lowest BCUT2D eigenvalue weighted by atomic mass is 10.2. The topological polar surface area (TPSA) is 131 Å². The first-order valence-electron chi connectivity index (χ1n) is 5.81. The second-order valence-electron chi connectivity index (χ2n) is 3.91. The third kappa shape index (κ3) is 3.60. The van der Waals surface area contributed by atoms with E-state index < -0.39 is 11.9 Å². The zero-order chi connectivity index (χ0) is 15.2. The summed E-state index contributed by atoms with van der Waals surface area (Å²) in [6.07, 6.45) is 4.32. The number of carboxylic acids is 1. The first-order valence-corrected chi connectivity index (χ1v) is 5.81. The van der Waals surface area contributed by atoms with E-state index in [1.54, 1.807) is 24.5 Å². The third-order valence-electron chi connectivity index (χ3n) is 2.50. The van der Waals surface area contributed by atoms with Gasteiger partial charge in [-0.2, -0.15) is 5.10 Å². The highest BCUT2D eigenvalue weighted by atomic mass is 16.4. The van der Waals surface area contributed by atoms with E-state index in [-0.39, 0.29) is 17.1 Å². The lowest BCUT2D eigenvalue weighted by Gasteiger charge is -2.03. The standard InChI is InChI=1S/C13H11N5O3/c14-11(8-1-4-15-5-2-8)17-18-12(19)9-3-6-16-10(7-9)13(20)21/h1-7H,(H2,14,17)(H,18,19)(H,20,21). The Kier molecular flexibility index (Phi) is 4.20. The van der Waals surface area contributed by atoms with Crippen molar-refractivity contribution in [1.82, 2.24) is 15.4 Å². The van der Waals surface area contributed by atoms with Crippen LogP contribution in [0.4, 0.5) is 0 Å². The number of aromatic carboxylic acids is 1. The van der Waals surface area contributed by atoms with Gasteiger partial charge in [0.15, 0.2) is 5.84 Å². The SMILES string of the molecule is NC(=NNC(=O)c1ccnc(C(=O)O)c1)c1ccncc1. The van der Waals surface area contributed by atoms with Crippen LogP contribution >= 0.6 is 0 Å². The molecule has 2 aromatic rings. The minimum absolute atomic E-state index is 0.110. The molecule has 0 aliphatic heterocycles. The van der Waals surface area contributed by atoms with Gasteiger partial charge in [-0.1, -0.05) is 0 Å². The lowest BCUT2D eigenvalue weighted by Crippen LogP contribution is -2.24. The summed E-state index contributed by atoms with van der Waals surface area (Å²) in [5, 5.41) is 12.6. The van der Waals surface area contributed by atoms with Crippen molar-refractivity contribution in [3.05, 3.63) is 59.7 Å². The Bertz CT molecular complexity index is 700. The summed E-state index contributed by atoms with van der Waals surface area (Å²) < 4.78 is 0. The van der Waals surface area contributed by atoms with Gasteiger partial charge in [-0.25, -0.2) is 15.2 Å². The van der Waals surface area contributed by atoms with Crippen molar-refractivity contribution < 1.29 is 14.7 Å². The van der Waals surface area contributed by atoms with Gasteiger partial charge in [0.2, 0.25) is 0 Å². The van der Waals surface area contributed by atoms with Gasteiger partial charge in [0.05, 0.1) is 0 Å². The Hall–Kier alpha value is -3.29. The number of nitrogens with one attached hydrogen (secondary N) is 1. The number of carbonyl (C=O) groups is 2. The number of hydrazone groups is 1. The van der Waals surface area contributed by atoms with Crippen molar-refractivity contribution in [3.8, 4) is 0 Å². The number of carbonyl (C=O) groups excluding carboxylic acids is 1. The summed E-state index contributed by atoms with van der Waals surface area (Å²) in [5.74, 6) is -1.69. The number of amides is 1. The molecular weight excluding hydrogens is 274 g/mol. The largest absolute Gasteiger partial charge is 0.477 e. The predicted octanol–water partition coefficient (Wildman–Crippen LogP) is 0.225. The second-order valence-corrected chi connectivity index (χ2v) is 3.91. The molecule has 4 N–H and O–H groups in total. The van der Waals surface area contributed by atoms with Gasteiger partial charge < -0.3 is 10.8 Å². The van der Waals surface area contributed by atoms with Crippen LogP contribution in [0, 0.1) is 0 Å². The molecule has 0 aliphatic rings. The highest BCUT2D eigenvalue weighted by Gasteiger charge is 2.10. The van der Waals surface area contributed by atoms with Gasteiger partial charge in [0.25, 0.3) is 5.91 Å². The number of hydrogen-bond acceptors (Lipinski definition) is 5. The van der Waals surface area contributed by atoms with Crippen molar-refractivity contribution in [2.24, 2.45) is 10.8 Å². The van der Waals surface area contributed by atoms with Gasteiger partial charge in [-0.3, -0.25) is 9.78 Å². The molecule has 21 heavy (non-hydrogen) atoms. The first kappa shape index (κ1) is 14.1. The summed E-state index contributed by atoms with van der Waals surface area (Å²) in [4.78, 5) is 30.1. The van der Waals surface area contributed by atoms with Crippen molar-refractivity contribution in [1.29, 1.82) is 0 Å². The monoisotopic (exact) mass is 285 g/mol. The van der Waals surface area contributed by atoms with E-state index in [1.165, 1.54) is 12.3 Å². The summed E-state index contributed by atoms with van der Waals surface area (Å²) >= 11 is 0. The predicted molar refractivity (Wildman–Crippen MR) is 73.6 cm³/mol. The van der Waals surface area contributed by atoms with Crippen LogP contribution in [0.3, 0.4) is 0 Å². The van der Waals surface area contributed by atoms with Crippen LogP contribution in [-0.2, 0) is 0 Å². The molecule has 2 aromatic heterocycles. The van der Waals surface area contributed by atoms with E-state index in [0.29, 0.717) is 5.56 Å². The van der Waals surface area contributed by atoms with E-state index in [1.807, 2.05) is 0 Å². The van der Waals surface area contributed by atoms with Gasteiger partial charge in [-0.15, -0.1) is 0 Å². The van der Waals surface area contributed by atoms with Crippen LogP contribution in [0.15, 0.2) is 48.0 Å². The smallest absolute Gasteiger partial charge is 0.354 e. The summed E-state index contributed by atoms with van der Waals surface area (Å²) in [6.45, 7) is 0. The highest BCUT2D eigenvalue weighted by molar-refractivity contribution is 6.00. The lowest BCUT2D eigenvalue weighted by molar-refractivity contribution is 0.0690. The van der Waals surface area contributed by atoms with Crippen LogP contribution in [0.25, 0.3) is 0 Å². The van der Waals surface area contributed by atoms with E-state index >= 15 is 0 Å². The maximum atomic E-state index is 11.8. The summed E-state index contributed by atoms with van der Waals surface area (Å²) in [7, 11) is 0. The van der Waals surface area contributed by atoms with Crippen molar-refractivity contribution in [2.75, 3.05) is 0 Å². The summed E-state index contributed by atoms with van der Waals surface area (Å²) in [5.41, 5.74) is 8.44. The Morgan fingerprint density at radius 3 is 2.48 bits per heavy atom. The van der Waals surface area contributed by atoms with Crippen LogP contribution in [-0.4, -0.2) is 32.8 Å². The second kappa shape index (κ2) is 6.24. The van der Waals surface area contributed by atoms with Crippen LogP contribution in [0.5, 0.6) is 0 Å². The number of aromatic nitrogens is 2. The molecule has 8 nitrogen and oxygen atoms in total. The fourth-order valence-corrected chi connectivity index (χ4v) is 1.45. The van der Waals surface area contributed by atoms with Gasteiger partial charge in [-0.05, 0) is 24.3 Å². The fraction of sp³-hybridized carbons (Fsp3) is 0. The molecule has 2 rings (SSSR count). The number of hydrogen-bond donors (Lipinski definition) is 3. The Balaban J connectivity index is 2.12. The number of amidine groups is 1. The number of rotatable bonds is 4. The molecule has 0 spiro atoms. The molecule has 0 saturated carbocycles. The van der Waals surface area contributed by atoms with Crippen molar-refractivity contribution in [2.45, 2.75) is 0 Å². The highest BCUT2D eigenvalue weighted by Crippen LogP contribution is 2.02. The number of carboxylic acid groups (broad SMARTS) is 1. The average Bonchev–Trinajstić information content (AvgIpc) is 2.53. The minimum atomic E-state index is -1.22. The van der Waals surface area contributed by atoms with E-state index in [9.17, 15) is 9.59 Å². The fourth-order valence-electron chi connectivity index (χ4n) is 1.45. The number of nitrogens with zero attached hydrogens (tertiary/aromatic N) is 3. The maximum absolute atomic E-state index is 11.8. The number of pyridine rings is 2. The third-order valence-corrected chi connectivity index (χ3v) is 2.50. The van der Waals surface area contributed by atoms with Crippen molar-refractivity contribution >= 4 is 17.7 Å². The molecule has 0 radical (unpaired) electrons. The zero-order valence-corrected chi connectivity index (χ0v) is 10.7. The minimum Gasteiger partial charge on any atom is -0.477 e. The molecule has 0 aliphatic carbocycles. The molecule has 0 unspecified atom stereocenters. The van der Waals surface area contributed by atoms with E-state index in [0.717, 1.165) is 6.07 Å². The van der Waals surface area contributed by atoms with Gasteiger partial charge in [0, 0.05) is 29.7 Å². The molecule has 0 aromatic carbocycles. The molecule has 0 saturated heterocycles. The molecule has 0 atom stereocenters. The molecule has 106 valence electrons. The number of nitrogens with two attached hydrogens (primary N) is 1. The quantitative estimate of drug-likeness (QED) is 0.418.